The summed E-state index contributed by atoms with van der Waals surface area (Å²) in [4.78, 5) is 10.8. The highest BCUT2D eigenvalue weighted by atomic mass is 35.5. The number of hydrogen-bond donors (Lipinski definition) is 1. The standard InChI is InChI=1S/C11H12ClFO2/c1-2-8(11(14)15)5-7-3-4-9(12)10(13)6-7/h3-4,6,8H,2,5H2,1H3,(H,14,15). The Balaban J connectivity index is 2.80. The van der Waals surface area contributed by atoms with Crippen LogP contribution < -0.4 is 0 Å². The molecule has 0 spiro atoms. The molecule has 1 rings (SSSR count). The van der Waals surface area contributed by atoms with Gasteiger partial charge in [-0.25, -0.2) is 4.39 Å². The van der Waals surface area contributed by atoms with E-state index in [-0.39, 0.29) is 5.02 Å². The summed E-state index contributed by atoms with van der Waals surface area (Å²) < 4.78 is 13.1. The molecule has 4 heteroatoms. The number of carbonyl (C=O) groups is 1. The Hall–Kier alpha value is -1.09. The smallest absolute Gasteiger partial charge is 0.306 e. The molecule has 15 heavy (non-hydrogen) atoms. The summed E-state index contributed by atoms with van der Waals surface area (Å²) in [6.45, 7) is 1.80. The molecule has 1 atom stereocenters. The predicted octanol–water partition coefficient (Wildman–Crippen LogP) is 3.13. The lowest BCUT2D eigenvalue weighted by Crippen LogP contribution is -2.15. The zero-order chi connectivity index (χ0) is 11.4. The van der Waals surface area contributed by atoms with Crippen LogP contribution in [0.25, 0.3) is 0 Å². The van der Waals surface area contributed by atoms with Crippen LogP contribution in [0.4, 0.5) is 4.39 Å². The lowest BCUT2D eigenvalue weighted by molar-refractivity contribution is -0.141. The highest BCUT2D eigenvalue weighted by Crippen LogP contribution is 2.19. The normalized spacial score (nSPS) is 12.5. The number of carboxylic acid groups (broad SMARTS) is 1. The van der Waals surface area contributed by atoms with Gasteiger partial charge in [-0.1, -0.05) is 24.6 Å². The van der Waals surface area contributed by atoms with Gasteiger partial charge in [0.2, 0.25) is 0 Å². The van der Waals surface area contributed by atoms with Gasteiger partial charge in [-0.2, -0.15) is 0 Å². The zero-order valence-electron chi connectivity index (χ0n) is 8.34. The minimum atomic E-state index is -0.854. The second-order valence-electron chi connectivity index (χ2n) is 3.40. The third kappa shape index (κ3) is 3.20. The Morgan fingerprint density at radius 2 is 2.27 bits per heavy atom. The second kappa shape index (κ2) is 5.12. The highest BCUT2D eigenvalue weighted by Gasteiger charge is 2.16. The minimum absolute atomic E-state index is 0.0575. The molecular weight excluding hydrogens is 219 g/mol. The third-order valence-electron chi connectivity index (χ3n) is 2.31. The molecule has 0 amide bonds. The topological polar surface area (TPSA) is 37.3 Å². The molecule has 1 N–H and O–H groups in total. The summed E-state index contributed by atoms with van der Waals surface area (Å²) >= 11 is 5.52. The number of hydrogen-bond acceptors (Lipinski definition) is 1. The molecule has 0 heterocycles. The molecule has 0 bridgehead atoms. The molecule has 82 valence electrons. The van der Waals surface area contributed by atoms with E-state index in [1.54, 1.807) is 13.0 Å². The van der Waals surface area contributed by atoms with E-state index < -0.39 is 17.7 Å². The van der Waals surface area contributed by atoms with Crippen molar-refractivity contribution in [1.82, 2.24) is 0 Å². The maximum atomic E-state index is 13.1. The number of rotatable bonds is 4. The van der Waals surface area contributed by atoms with Gasteiger partial charge in [0.1, 0.15) is 5.82 Å². The van der Waals surface area contributed by atoms with Crippen LogP contribution >= 0.6 is 11.6 Å². The van der Waals surface area contributed by atoms with Crippen molar-refractivity contribution in [2.45, 2.75) is 19.8 Å². The van der Waals surface area contributed by atoms with Crippen LogP contribution in [0.15, 0.2) is 18.2 Å². The van der Waals surface area contributed by atoms with Crippen LogP contribution in [0.1, 0.15) is 18.9 Å². The van der Waals surface area contributed by atoms with Crippen molar-refractivity contribution in [1.29, 1.82) is 0 Å². The largest absolute Gasteiger partial charge is 0.481 e. The summed E-state index contributed by atoms with van der Waals surface area (Å²) in [5.41, 5.74) is 0.658. The minimum Gasteiger partial charge on any atom is -0.481 e. The van der Waals surface area contributed by atoms with Crippen molar-refractivity contribution in [3.63, 3.8) is 0 Å². The first kappa shape index (κ1) is 12.0. The van der Waals surface area contributed by atoms with E-state index in [0.717, 1.165) is 0 Å². The first-order chi connectivity index (χ1) is 7.04. The van der Waals surface area contributed by atoms with Gasteiger partial charge in [-0.3, -0.25) is 4.79 Å². The zero-order valence-corrected chi connectivity index (χ0v) is 9.09. The lowest BCUT2D eigenvalue weighted by atomic mass is 9.97. The number of benzene rings is 1. The molecule has 0 radical (unpaired) electrons. The third-order valence-corrected chi connectivity index (χ3v) is 2.61. The molecule has 1 aromatic rings. The molecule has 0 saturated carbocycles. The van der Waals surface area contributed by atoms with E-state index in [4.69, 9.17) is 16.7 Å². The fraction of sp³-hybridized carbons (Fsp3) is 0.364. The van der Waals surface area contributed by atoms with Crippen molar-refractivity contribution in [3.05, 3.63) is 34.6 Å². The Kier molecular flexibility index (Phi) is 4.09. The number of carboxylic acids is 1. The average Bonchev–Trinajstić information content (AvgIpc) is 2.19. The monoisotopic (exact) mass is 230 g/mol. The number of halogens is 2. The maximum absolute atomic E-state index is 13.1. The SMILES string of the molecule is CCC(Cc1ccc(Cl)c(F)c1)C(=O)O. The van der Waals surface area contributed by atoms with Gasteiger partial charge in [-0.05, 0) is 30.5 Å². The molecule has 0 fully saturated rings. The summed E-state index contributed by atoms with van der Waals surface area (Å²) in [7, 11) is 0. The van der Waals surface area contributed by atoms with Gasteiger partial charge in [0.25, 0.3) is 0 Å². The van der Waals surface area contributed by atoms with Crippen LogP contribution in [0.5, 0.6) is 0 Å². The van der Waals surface area contributed by atoms with Gasteiger partial charge in [0, 0.05) is 0 Å². The average molecular weight is 231 g/mol. The summed E-state index contributed by atoms with van der Waals surface area (Å²) in [6, 6.07) is 4.38. The van der Waals surface area contributed by atoms with Crippen molar-refractivity contribution < 1.29 is 14.3 Å². The number of aliphatic carboxylic acids is 1. The second-order valence-corrected chi connectivity index (χ2v) is 3.80. The van der Waals surface area contributed by atoms with Crippen LogP contribution in [0, 0.1) is 11.7 Å². The molecule has 1 aromatic carbocycles. The van der Waals surface area contributed by atoms with Crippen molar-refractivity contribution >= 4 is 17.6 Å². The van der Waals surface area contributed by atoms with E-state index in [0.29, 0.717) is 18.4 Å². The Labute approximate surface area is 92.7 Å². The van der Waals surface area contributed by atoms with Crippen molar-refractivity contribution in [3.8, 4) is 0 Å². The van der Waals surface area contributed by atoms with Gasteiger partial charge >= 0.3 is 5.97 Å². The molecule has 0 saturated heterocycles. The van der Waals surface area contributed by atoms with E-state index in [1.807, 2.05) is 0 Å². The summed E-state index contributed by atoms with van der Waals surface area (Å²) in [5.74, 6) is -1.83. The molecule has 0 aliphatic carbocycles. The van der Waals surface area contributed by atoms with Crippen LogP contribution in [0.3, 0.4) is 0 Å². The van der Waals surface area contributed by atoms with Gasteiger partial charge in [0.05, 0.1) is 10.9 Å². The summed E-state index contributed by atoms with van der Waals surface area (Å²) in [5, 5.41) is 8.90. The maximum Gasteiger partial charge on any atom is 0.306 e. The van der Waals surface area contributed by atoms with Crippen LogP contribution in [-0.2, 0) is 11.2 Å². The van der Waals surface area contributed by atoms with E-state index in [2.05, 4.69) is 0 Å². The Bertz CT molecular complexity index is 366. The van der Waals surface area contributed by atoms with E-state index >= 15 is 0 Å². The Morgan fingerprint density at radius 3 is 2.73 bits per heavy atom. The fourth-order valence-corrected chi connectivity index (χ4v) is 1.47. The molecule has 0 aliphatic rings. The van der Waals surface area contributed by atoms with Crippen molar-refractivity contribution in [2.24, 2.45) is 5.92 Å². The van der Waals surface area contributed by atoms with Crippen LogP contribution in [0.2, 0.25) is 5.02 Å². The van der Waals surface area contributed by atoms with Gasteiger partial charge in [0.15, 0.2) is 0 Å². The molecule has 1 unspecified atom stereocenters. The van der Waals surface area contributed by atoms with Gasteiger partial charge < -0.3 is 5.11 Å². The first-order valence-electron chi connectivity index (χ1n) is 4.71. The highest BCUT2D eigenvalue weighted by molar-refractivity contribution is 6.30. The predicted molar refractivity (Wildman–Crippen MR) is 56.5 cm³/mol. The summed E-state index contributed by atoms with van der Waals surface area (Å²) in [6.07, 6.45) is 0.861. The van der Waals surface area contributed by atoms with E-state index in [1.165, 1.54) is 12.1 Å². The van der Waals surface area contributed by atoms with E-state index in [9.17, 15) is 9.18 Å². The molecule has 0 aromatic heterocycles. The Morgan fingerprint density at radius 1 is 1.60 bits per heavy atom. The lowest BCUT2D eigenvalue weighted by Gasteiger charge is -2.09. The molecule has 0 aliphatic heterocycles. The molecular formula is C11H12ClFO2. The fourth-order valence-electron chi connectivity index (χ4n) is 1.36. The van der Waals surface area contributed by atoms with Gasteiger partial charge in [-0.15, -0.1) is 0 Å². The first-order valence-corrected chi connectivity index (χ1v) is 5.09. The molecule has 2 nitrogen and oxygen atoms in total. The quantitative estimate of drug-likeness (QED) is 0.863. The van der Waals surface area contributed by atoms with Crippen molar-refractivity contribution in [2.75, 3.05) is 0 Å². The van der Waals surface area contributed by atoms with Crippen LogP contribution in [-0.4, -0.2) is 11.1 Å².